The Morgan fingerprint density at radius 1 is 0.919 bits per heavy atom. The fourth-order valence-electron chi connectivity index (χ4n) is 6.90. The van der Waals surface area contributed by atoms with Crippen LogP contribution in [0.15, 0.2) is 54.6 Å². The molecule has 2 saturated heterocycles. The summed E-state index contributed by atoms with van der Waals surface area (Å²) in [5.74, 6) is -0.915. The van der Waals surface area contributed by atoms with Gasteiger partial charge >= 0.3 is 5.97 Å². The molecule has 2 aliphatic heterocycles. The Bertz CT molecular complexity index is 1390. The smallest absolute Gasteiger partial charge is 0.316 e. The normalized spacial score (nSPS) is 33.1. The lowest BCUT2D eigenvalue weighted by Gasteiger charge is -2.37. The number of carbonyl (C=O) groups excluding carboxylic acids is 4. The Hall–Kier alpha value is -3.16. The predicted octanol–water partition coefficient (Wildman–Crippen LogP) is 4.51. The van der Waals surface area contributed by atoms with Gasteiger partial charge in [0.2, 0.25) is 17.7 Å². The van der Waals surface area contributed by atoms with E-state index in [0.717, 1.165) is 6.42 Å². The van der Waals surface area contributed by atoms with E-state index in [1.54, 1.807) is 42.5 Å². The molecule has 7 atom stereocenters. The molecule has 4 aliphatic carbocycles. The van der Waals surface area contributed by atoms with Crippen molar-refractivity contribution >= 4 is 58.3 Å². The average molecular weight is 537 g/mol. The van der Waals surface area contributed by atoms with Gasteiger partial charge in [-0.05, 0) is 54.4 Å². The van der Waals surface area contributed by atoms with Crippen molar-refractivity contribution in [2.24, 2.45) is 41.4 Å². The molecule has 37 heavy (non-hydrogen) atoms. The number of allylic oxidation sites excluding steroid dienone is 2. The van der Waals surface area contributed by atoms with Crippen molar-refractivity contribution in [2.45, 2.75) is 12.8 Å². The molecule has 2 bridgehead atoms. The van der Waals surface area contributed by atoms with Gasteiger partial charge in [-0.1, -0.05) is 47.5 Å². The zero-order valence-electron chi connectivity index (χ0n) is 19.6. The summed E-state index contributed by atoms with van der Waals surface area (Å²) in [4.78, 5) is 55.1. The Labute approximate surface area is 222 Å². The van der Waals surface area contributed by atoms with Crippen LogP contribution in [0.3, 0.4) is 0 Å². The van der Waals surface area contributed by atoms with Gasteiger partial charge in [0, 0.05) is 19.0 Å². The number of amides is 3. The molecule has 3 amide bonds. The van der Waals surface area contributed by atoms with Gasteiger partial charge in [0.15, 0.2) is 0 Å². The summed E-state index contributed by atoms with van der Waals surface area (Å²) >= 11 is 12.4. The number of esters is 1. The number of ether oxygens (including phenoxy) is 1. The van der Waals surface area contributed by atoms with Crippen LogP contribution in [0, 0.1) is 41.4 Å². The molecule has 0 radical (unpaired) electrons. The van der Waals surface area contributed by atoms with Crippen LogP contribution in [0.25, 0.3) is 0 Å². The third-order valence-corrected chi connectivity index (χ3v) is 9.45. The lowest BCUT2D eigenvalue weighted by Crippen LogP contribution is -2.40. The number of hydrogen-bond acceptors (Lipinski definition) is 5. The molecular formula is C28H22Cl2N2O5. The summed E-state index contributed by atoms with van der Waals surface area (Å²) in [6.07, 6.45) is 5.35. The molecule has 9 heteroatoms. The van der Waals surface area contributed by atoms with E-state index < -0.39 is 11.9 Å². The van der Waals surface area contributed by atoms with Crippen LogP contribution in [0.5, 0.6) is 5.75 Å². The minimum absolute atomic E-state index is 0.0219. The highest BCUT2D eigenvalue weighted by atomic mass is 35.5. The van der Waals surface area contributed by atoms with Crippen LogP contribution in [0.1, 0.15) is 12.8 Å². The summed E-state index contributed by atoms with van der Waals surface area (Å²) in [5, 5.41) is 0.571. The molecule has 0 spiro atoms. The maximum atomic E-state index is 13.4. The standard InChI is InChI=1S/C28H22Cl2N2O5/c29-20-5-2-6-21(25(20)30)31-12-13(9-22(31)33)28(36)37-15-4-1-3-14(10-15)32-26(34)23-16-7-8-17(19-11-18(16)19)24(23)27(32)35/h1-8,10,13,16-19,23-24H,9,11-12H2/t13-,16-,17-,18-,19+,23-,24+/m0/s1. The molecule has 7 nitrogen and oxygen atoms in total. The van der Waals surface area contributed by atoms with Crippen LogP contribution in [0.4, 0.5) is 11.4 Å². The lowest BCUT2D eigenvalue weighted by molar-refractivity contribution is -0.139. The van der Waals surface area contributed by atoms with Crippen molar-refractivity contribution in [3.63, 3.8) is 0 Å². The highest BCUT2D eigenvalue weighted by molar-refractivity contribution is 6.44. The first kappa shape index (κ1) is 23.0. The Balaban J connectivity index is 1.08. The Morgan fingerprint density at radius 2 is 1.59 bits per heavy atom. The quantitative estimate of drug-likeness (QED) is 0.248. The van der Waals surface area contributed by atoms with Gasteiger partial charge in [-0.25, -0.2) is 4.90 Å². The summed E-state index contributed by atoms with van der Waals surface area (Å²) in [6.45, 7) is 0.113. The number of anilines is 2. The molecule has 6 aliphatic rings. The molecule has 0 unspecified atom stereocenters. The van der Waals surface area contributed by atoms with Crippen LogP contribution in [-0.4, -0.2) is 30.2 Å². The maximum Gasteiger partial charge on any atom is 0.316 e. The molecule has 188 valence electrons. The fraction of sp³-hybridized carbons (Fsp3) is 0.357. The summed E-state index contributed by atoms with van der Waals surface area (Å²) < 4.78 is 5.61. The van der Waals surface area contributed by atoms with Gasteiger partial charge in [-0.2, -0.15) is 0 Å². The van der Waals surface area contributed by atoms with Crippen molar-refractivity contribution < 1.29 is 23.9 Å². The van der Waals surface area contributed by atoms with Gasteiger partial charge in [0.05, 0.1) is 39.2 Å². The number of nitrogens with zero attached hydrogens (tertiary/aromatic N) is 2. The molecule has 4 fully saturated rings. The number of imide groups is 1. The number of benzene rings is 2. The van der Waals surface area contributed by atoms with Crippen LogP contribution in [-0.2, 0) is 19.2 Å². The Morgan fingerprint density at radius 3 is 2.30 bits per heavy atom. The zero-order chi connectivity index (χ0) is 25.6. The van der Waals surface area contributed by atoms with E-state index in [4.69, 9.17) is 27.9 Å². The van der Waals surface area contributed by atoms with E-state index in [1.165, 1.54) is 9.80 Å². The van der Waals surface area contributed by atoms with Gasteiger partial charge in [-0.15, -0.1) is 0 Å². The van der Waals surface area contributed by atoms with E-state index >= 15 is 0 Å². The first-order valence-corrected chi connectivity index (χ1v) is 13.2. The zero-order valence-corrected chi connectivity index (χ0v) is 21.1. The SMILES string of the molecule is O=C(Oc1cccc(N2C(=O)[C@@H]3[C@H]4C=C[C@@H]([C@@H]5C[C@H]45)[C@@H]3C2=O)c1)[C@H]1CC(=O)N(c2cccc(Cl)c2Cl)C1. The second-order valence-corrected chi connectivity index (χ2v) is 11.3. The third kappa shape index (κ3) is 3.40. The van der Waals surface area contributed by atoms with Crippen LogP contribution in [0.2, 0.25) is 10.0 Å². The number of carbonyl (C=O) groups is 4. The minimum Gasteiger partial charge on any atom is -0.426 e. The largest absolute Gasteiger partial charge is 0.426 e. The number of halogens is 2. The van der Waals surface area contributed by atoms with Gasteiger partial charge in [0.1, 0.15) is 5.75 Å². The number of rotatable bonds is 4. The monoisotopic (exact) mass is 536 g/mol. The van der Waals surface area contributed by atoms with Crippen LogP contribution < -0.4 is 14.5 Å². The fourth-order valence-corrected chi connectivity index (χ4v) is 7.29. The highest BCUT2D eigenvalue weighted by Gasteiger charge is 2.67. The van der Waals surface area contributed by atoms with Gasteiger partial charge in [-0.3, -0.25) is 19.2 Å². The van der Waals surface area contributed by atoms with E-state index in [1.807, 2.05) is 0 Å². The van der Waals surface area contributed by atoms with Crippen LogP contribution >= 0.6 is 23.2 Å². The topological polar surface area (TPSA) is 84.0 Å². The van der Waals surface area contributed by atoms with E-state index in [2.05, 4.69) is 12.2 Å². The second-order valence-electron chi connectivity index (χ2n) is 10.6. The van der Waals surface area contributed by atoms with Crippen molar-refractivity contribution in [3.05, 3.63) is 64.7 Å². The first-order valence-electron chi connectivity index (χ1n) is 12.5. The summed E-state index contributed by atoms with van der Waals surface area (Å²) in [6, 6.07) is 11.5. The second kappa shape index (κ2) is 8.17. The molecular weight excluding hydrogens is 515 g/mol. The van der Waals surface area contributed by atoms with Gasteiger partial charge in [0.25, 0.3) is 0 Å². The van der Waals surface area contributed by atoms with E-state index in [-0.39, 0.29) is 65.1 Å². The van der Waals surface area contributed by atoms with Crippen molar-refractivity contribution in [1.82, 2.24) is 0 Å². The third-order valence-electron chi connectivity index (χ3n) is 8.64. The lowest BCUT2D eigenvalue weighted by atomic mass is 9.63. The Kier molecular flexibility index (Phi) is 5.08. The first-order chi connectivity index (χ1) is 17.8. The maximum absolute atomic E-state index is 13.4. The summed E-state index contributed by atoms with van der Waals surface area (Å²) in [7, 11) is 0. The minimum atomic E-state index is -0.697. The number of hydrogen-bond donors (Lipinski definition) is 0. The van der Waals surface area contributed by atoms with Crippen molar-refractivity contribution in [1.29, 1.82) is 0 Å². The van der Waals surface area contributed by atoms with E-state index in [0.29, 0.717) is 28.2 Å². The molecule has 0 aromatic heterocycles. The van der Waals surface area contributed by atoms with Crippen molar-refractivity contribution in [2.75, 3.05) is 16.3 Å². The molecule has 2 saturated carbocycles. The molecule has 2 aromatic carbocycles. The molecule has 2 heterocycles. The molecule has 0 N–H and O–H groups in total. The van der Waals surface area contributed by atoms with Crippen molar-refractivity contribution in [3.8, 4) is 5.75 Å². The van der Waals surface area contributed by atoms with E-state index in [9.17, 15) is 19.2 Å². The summed E-state index contributed by atoms with van der Waals surface area (Å²) in [5.41, 5.74) is 0.850. The molecule has 8 rings (SSSR count). The highest BCUT2D eigenvalue weighted by Crippen LogP contribution is 2.65. The van der Waals surface area contributed by atoms with Gasteiger partial charge < -0.3 is 9.64 Å². The average Bonchev–Trinajstić information content (AvgIpc) is 3.56. The molecule has 2 aromatic rings. The predicted molar refractivity (Wildman–Crippen MR) is 136 cm³/mol.